The summed E-state index contributed by atoms with van der Waals surface area (Å²) in [7, 11) is 0. The van der Waals surface area contributed by atoms with E-state index in [1.165, 1.54) is 0 Å². The monoisotopic (exact) mass is 397 g/mol. The van der Waals surface area contributed by atoms with Crippen LogP contribution >= 0.6 is 12.4 Å². The van der Waals surface area contributed by atoms with E-state index in [2.05, 4.69) is 0 Å². The molecule has 2 N–H and O–H groups in total. The molecule has 0 aliphatic heterocycles. The maximum atomic E-state index is 12.4. The number of esters is 2. The number of carbonyl (C=O) groups excluding carboxylic acids is 2. The van der Waals surface area contributed by atoms with Crippen LogP contribution in [0.1, 0.15) is 26.3 Å². The van der Waals surface area contributed by atoms with Gasteiger partial charge in [0.15, 0.2) is 11.5 Å². The Morgan fingerprint density at radius 1 is 0.714 bits per heavy atom. The Hall–Kier alpha value is -3.15. The fraction of sp³-hybridized carbons (Fsp3) is 0.0909. The van der Waals surface area contributed by atoms with Crippen LogP contribution in [-0.2, 0) is 6.42 Å². The lowest BCUT2D eigenvalue weighted by Crippen LogP contribution is -2.13. The van der Waals surface area contributed by atoms with Crippen molar-refractivity contribution >= 4 is 24.3 Å². The summed E-state index contributed by atoms with van der Waals surface area (Å²) in [5.41, 5.74) is 7.30. The highest BCUT2D eigenvalue weighted by Gasteiger charge is 2.16. The number of hydrogen-bond acceptors (Lipinski definition) is 5. The fourth-order valence-corrected chi connectivity index (χ4v) is 2.50. The first kappa shape index (κ1) is 21.2. The summed E-state index contributed by atoms with van der Waals surface area (Å²) in [6, 6.07) is 22.3. The smallest absolute Gasteiger partial charge is 0.343 e. The average Bonchev–Trinajstić information content (AvgIpc) is 2.71. The van der Waals surface area contributed by atoms with E-state index in [9.17, 15) is 9.59 Å². The van der Waals surface area contributed by atoms with Crippen LogP contribution in [0.2, 0.25) is 0 Å². The molecule has 0 atom stereocenters. The van der Waals surface area contributed by atoms with Crippen molar-refractivity contribution < 1.29 is 19.1 Å². The lowest BCUT2D eigenvalue weighted by Gasteiger charge is -2.12. The number of nitrogens with two attached hydrogens (primary N) is 1. The molecule has 6 heteroatoms. The molecule has 0 fully saturated rings. The molecule has 3 rings (SSSR count). The van der Waals surface area contributed by atoms with Gasteiger partial charge in [-0.15, -0.1) is 12.4 Å². The highest BCUT2D eigenvalue weighted by Crippen LogP contribution is 2.30. The standard InChI is InChI=1S/C22H19NO4.ClH/c23-14-13-16-11-12-19(26-21(24)17-7-3-1-4-8-17)20(15-16)27-22(25)18-9-5-2-6-10-18;/h1-12,15H,13-14,23H2;1H. The van der Waals surface area contributed by atoms with E-state index in [4.69, 9.17) is 15.2 Å². The molecule has 0 heterocycles. The van der Waals surface area contributed by atoms with Gasteiger partial charge in [0.25, 0.3) is 0 Å². The largest absolute Gasteiger partial charge is 0.419 e. The molecular weight excluding hydrogens is 378 g/mol. The first-order valence-corrected chi connectivity index (χ1v) is 8.55. The topological polar surface area (TPSA) is 78.6 Å². The highest BCUT2D eigenvalue weighted by atomic mass is 35.5. The molecular formula is C22H20ClNO4. The number of rotatable bonds is 6. The molecule has 144 valence electrons. The third-order valence-corrected chi connectivity index (χ3v) is 3.87. The Bertz CT molecular complexity index is 930. The normalized spacial score (nSPS) is 9.89. The third-order valence-electron chi connectivity index (χ3n) is 3.87. The Kier molecular flexibility index (Phi) is 7.75. The van der Waals surface area contributed by atoms with Gasteiger partial charge in [-0.1, -0.05) is 42.5 Å². The Balaban J connectivity index is 0.00000280. The minimum Gasteiger partial charge on any atom is -0.419 e. The van der Waals surface area contributed by atoms with Crippen molar-refractivity contribution in [2.45, 2.75) is 6.42 Å². The van der Waals surface area contributed by atoms with Crippen LogP contribution in [0.15, 0.2) is 78.9 Å². The second kappa shape index (κ2) is 10.3. The molecule has 0 aliphatic rings. The summed E-state index contributed by atoms with van der Waals surface area (Å²) in [6.07, 6.45) is 0.614. The minimum atomic E-state index is -0.530. The first-order valence-electron chi connectivity index (χ1n) is 8.55. The number of benzene rings is 3. The van der Waals surface area contributed by atoms with E-state index in [-0.39, 0.29) is 23.9 Å². The van der Waals surface area contributed by atoms with Crippen LogP contribution in [0.5, 0.6) is 11.5 Å². The molecule has 0 aliphatic carbocycles. The quantitative estimate of drug-likeness (QED) is 0.501. The van der Waals surface area contributed by atoms with Crippen molar-refractivity contribution in [3.8, 4) is 11.5 Å². The van der Waals surface area contributed by atoms with Crippen molar-refractivity contribution in [3.05, 3.63) is 95.6 Å². The lowest BCUT2D eigenvalue weighted by molar-refractivity contribution is 0.0682. The van der Waals surface area contributed by atoms with Gasteiger partial charge in [-0.2, -0.15) is 0 Å². The molecule has 0 aromatic heterocycles. The van der Waals surface area contributed by atoms with Gasteiger partial charge in [0.2, 0.25) is 0 Å². The van der Waals surface area contributed by atoms with Crippen LogP contribution in [-0.4, -0.2) is 18.5 Å². The van der Waals surface area contributed by atoms with Gasteiger partial charge in [0.05, 0.1) is 11.1 Å². The molecule has 0 radical (unpaired) electrons. The van der Waals surface area contributed by atoms with Gasteiger partial charge < -0.3 is 15.2 Å². The second-order valence-corrected chi connectivity index (χ2v) is 5.83. The molecule has 3 aromatic carbocycles. The van der Waals surface area contributed by atoms with Crippen molar-refractivity contribution in [1.29, 1.82) is 0 Å². The Morgan fingerprint density at radius 2 is 1.21 bits per heavy atom. The highest BCUT2D eigenvalue weighted by molar-refractivity contribution is 5.93. The van der Waals surface area contributed by atoms with Crippen LogP contribution in [0.3, 0.4) is 0 Å². The molecule has 0 saturated carbocycles. The molecule has 28 heavy (non-hydrogen) atoms. The maximum Gasteiger partial charge on any atom is 0.343 e. The first-order chi connectivity index (χ1) is 13.2. The predicted octanol–water partition coefficient (Wildman–Crippen LogP) is 4.05. The molecule has 0 saturated heterocycles. The van der Waals surface area contributed by atoms with Crippen LogP contribution in [0.25, 0.3) is 0 Å². The Morgan fingerprint density at radius 3 is 1.71 bits per heavy atom. The minimum absolute atomic E-state index is 0. The maximum absolute atomic E-state index is 12.4. The zero-order valence-electron chi connectivity index (χ0n) is 15.0. The summed E-state index contributed by atoms with van der Waals surface area (Å²) in [6.45, 7) is 0.454. The number of carbonyl (C=O) groups is 2. The summed E-state index contributed by atoms with van der Waals surface area (Å²) in [4.78, 5) is 24.8. The van der Waals surface area contributed by atoms with E-state index in [1.54, 1.807) is 66.7 Å². The van der Waals surface area contributed by atoms with E-state index in [0.717, 1.165) is 5.56 Å². The second-order valence-electron chi connectivity index (χ2n) is 5.83. The number of hydrogen-bond donors (Lipinski definition) is 1. The molecule has 5 nitrogen and oxygen atoms in total. The summed E-state index contributed by atoms with van der Waals surface area (Å²) in [5.74, 6) is -0.704. The Labute approximate surface area is 169 Å². The number of ether oxygens (including phenoxy) is 2. The van der Waals surface area contributed by atoms with Crippen LogP contribution in [0, 0.1) is 0 Å². The van der Waals surface area contributed by atoms with Crippen molar-refractivity contribution in [1.82, 2.24) is 0 Å². The summed E-state index contributed by atoms with van der Waals surface area (Å²) in [5, 5.41) is 0. The van der Waals surface area contributed by atoms with E-state index in [1.807, 2.05) is 12.1 Å². The molecule has 0 unspecified atom stereocenters. The number of halogens is 1. The predicted molar refractivity (Wildman–Crippen MR) is 109 cm³/mol. The van der Waals surface area contributed by atoms with E-state index < -0.39 is 11.9 Å². The van der Waals surface area contributed by atoms with Gasteiger partial charge >= 0.3 is 11.9 Å². The SMILES string of the molecule is Cl.NCCc1ccc(OC(=O)c2ccccc2)c(OC(=O)c2ccccc2)c1. The van der Waals surface area contributed by atoms with Gasteiger partial charge in [-0.05, 0) is 54.9 Å². The molecule has 3 aromatic rings. The van der Waals surface area contributed by atoms with Gasteiger partial charge in [0, 0.05) is 0 Å². The van der Waals surface area contributed by atoms with Crippen molar-refractivity contribution in [3.63, 3.8) is 0 Å². The molecule has 0 bridgehead atoms. The van der Waals surface area contributed by atoms with Crippen LogP contribution < -0.4 is 15.2 Å². The zero-order valence-corrected chi connectivity index (χ0v) is 15.9. The van der Waals surface area contributed by atoms with E-state index >= 15 is 0 Å². The molecule has 0 spiro atoms. The summed E-state index contributed by atoms with van der Waals surface area (Å²) >= 11 is 0. The van der Waals surface area contributed by atoms with Gasteiger partial charge in [-0.25, -0.2) is 9.59 Å². The summed E-state index contributed by atoms with van der Waals surface area (Å²) < 4.78 is 11.0. The molecule has 0 amide bonds. The third kappa shape index (κ3) is 5.42. The average molecular weight is 398 g/mol. The van der Waals surface area contributed by atoms with Crippen molar-refractivity contribution in [2.75, 3.05) is 6.54 Å². The lowest BCUT2D eigenvalue weighted by atomic mass is 10.1. The van der Waals surface area contributed by atoms with Gasteiger partial charge in [-0.3, -0.25) is 0 Å². The fourth-order valence-electron chi connectivity index (χ4n) is 2.50. The van der Waals surface area contributed by atoms with Crippen molar-refractivity contribution in [2.24, 2.45) is 5.73 Å². The zero-order chi connectivity index (χ0) is 19.1. The van der Waals surface area contributed by atoms with E-state index in [0.29, 0.717) is 24.1 Å². The van der Waals surface area contributed by atoms with Crippen LogP contribution in [0.4, 0.5) is 0 Å². The van der Waals surface area contributed by atoms with Gasteiger partial charge in [0.1, 0.15) is 0 Å².